The van der Waals surface area contributed by atoms with Crippen LogP contribution in [0.3, 0.4) is 0 Å². The maximum Gasteiger partial charge on any atom is 0.303 e. The summed E-state index contributed by atoms with van der Waals surface area (Å²) in [6, 6.07) is 0. The van der Waals surface area contributed by atoms with Crippen LogP contribution in [0.2, 0.25) is 0 Å². The van der Waals surface area contributed by atoms with Gasteiger partial charge in [-0.2, -0.15) is 0 Å². The Labute approximate surface area is 73.6 Å². The van der Waals surface area contributed by atoms with Gasteiger partial charge in [-0.1, -0.05) is 31.2 Å². The lowest BCUT2D eigenvalue weighted by Crippen LogP contribution is -2.07. The van der Waals surface area contributed by atoms with Gasteiger partial charge in [-0.15, -0.1) is 0 Å². The molecule has 0 amide bonds. The lowest BCUT2D eigenvalue weighted by Gasteiger charge is -2.11. The molecule has 0 aliphatic carbocycles. The molecule has 0 saturated carbocycles. The van der Waals surface area contributed by atoms with E-state index in [1.165, 1.54) is 0 Å². The van der Waals surface area contributed by atoms with Gasteiger partial charge in [0.1, 0.15) is 0 Å². The zero-order valence-corrected chi connectivity index (χ0v) is 7.71. The van der Waals surface area contributed by atoms with Crippen molar-refractivity contribution in [2.75, 3.05) is 0 Å². The van der Waals surface area contributed by atoms with Crippen molar-refractivity contribution in [3.05, 3.63) is 24.3 Å². The molecule has 0 fully saturated rings. The van der Waals surface area contributed by atoms with Crippen molar-refractivity contribution in [3.8, 4) is 0 Å². The van der Waals surface area contributed by atoms with Gasteiger partial charge in [-0.3, -0.25) is 4.79 Å². The standard InChI is InChI=1S/C10H16O2/c1-4-6-8(3)9(5-2)7-10(11)12/h4,6,9H,1,5,7H2,2-3H3,(H,11,12)/b8-6+. The Balaban J connectivity index is 4.23. The third-order valence-corrected chi connectivity index (χ3v) is 1.94. The van der Waals surface area contributed by atoms with Crippen molar-refractivity contribution in [3.63, 3.8) is 0 Å². The van der Waals surface area contributed by atoms with Crippen LogP contribution in [0.15, 0.2) is 24.3 Å². The third-order valence-electron chi connectivity index (χ3n) is 1.94. The number of aliphatic carboxylic acids is 1. The lowest BCUT2D eigenvalue weighted by molar-refractivity contribution is -0.137. The van der Waals surface area contributed by atoms with E-state index in [0.717, 1.165) is 12.0 Å². The second-order valence-electron chi connectivity index (χ2n) is 2.85. The Kier molecular flexibility index (Phi) is 5.09. The Bertz CT molecular complexity index is 192. The summed E-state index contributed by atoms with van der Waals surface area (Å²) < 4.78 is 0. The Morgan fingerprint density at radius 3 is 2.58 bits per heavy atom. The zero-order chi connectivity index (χ0) is 9.56. The van der Waals surface area contributed by atoms with Gasteiger partial charge in [0.15, 0.2) is 0 Å². The molecule has 12 heavy (non-hydrogen) atoms. The molecule has 0 saturated heterocycles. The van der Waals surface area contributed by atoms with E-state index in [0.29, 0.717) is 0 Å². The predicted octanol–water partition coefficient (Wildman–Crippen LogP) is 2.62. The summed E-state index contributed by atoms with van der Waals surface area (Å²) in [4.78, 5) is 10.4. The first kappa shape index (κ1) is 11.0. The molecular weight excluding hydrogens is 152 g/mol. The Morgan fingerprint density at radius 1 is 1.67 bits per heavy atom. The van der Waals surface area contributed by atoms with Crippen molar-refractivity contribution >= 4 is 5.97 Å². The topological polar surface area (TPSA) is 37.3 Å². The van der Waals surface area contributed by atoms with E-state index < -0.39 is 5.97 Å². The first-order valence-corrected chi connectivity index (χ1v) is 4.12. The number of carbonyl (C=O) groups is 1. The summed E-state index contributed by atoms with van der Waals surface area (Å²) in [6.07, 6.45) is 4.64. The van der Waals surface area contributed by atoms with E-state index in [1.54, 1.807) is 6.08 Å². The van der Waals surface area contributed by atoms with Crippen molar-refractivity contribution < 1.29 is 9.90 Å². The van der Waals surface area contributed by atoms with Gasteiger partial charge < -0.3 is 5.11 Å². The molecule has 0 aromatic heterocycles. The first-order valence-electron chi connectivity index (χ1n) is 4.12. The van der Waals surface area contributed by atoms with Crippen LogP contribution in [0.4, 0.5) is 0 Å². The van der Waals surface area contributed by atoms with Gasteiger partial charge in [-0.05, 0) is 19.3 Å². The van der Waals surface area contributed by atoms with E-state index in [9.17, 15) is 4.79 Å². The average molecular weight is 168 g/mol. The number of rotatable bonds is 5. The van der Waals surface area contributed by atoms with Gasteiger partial charge in [0, 0.05) is 0 Å². The van der Waals surface area contributed by atoms with E-state index in [2.05, 4.69) is 6.58 Å². The van der Waals surface area contributed by atoms with Crippen molar-refractivity contribution in [1.82, 2.24) is 0 Å². The minimum absolute atomic E-state index is 0.153. The number of hydrogen-bond acceptors (Lipinski definition) is 1. The molecule has 68 valence electrons. The van der Waals surface area contributed by atoms with Crippen molar-refractivity contribution in [1.29, 1.82) is 0 Å². The van der Waals surface area contributed by atoms with Gasteiger partial charge >= 0.3 is 5.97 Å². The second-order valence-corrected chi connectivity index (χ2v) is 2.85. The number of hydrogen-bond donors (Lipinski definition) is 1. The van der Waals surface area contributed by atoms with Crippen LogP contribution in [-0.2, 0) is 4.79 Å². The van der Waals surface area contributed by atoms with Gasteiger partial charge in [0.05, 0.1) is 6.42 Å². The maximum absolute atomic E-state index is 10.4. The molecule has 0 heterocycles. The molecule has 2 heteroatoms. The summed E-state index contributed by atoms with van der Waals surface area (Å²) in [7, 11) is 0. The summed E-state index contributed by atoms with van der Waals surface area (Å²) >= 11 is 0. The van der Waals surface area contributed by atoms with Crippen LogP contribution in [0.25, 0.3) is 0 Å². The highest BCUT2D eigenvalue weighted by Gasteiger charge is 2.11. The molecule has 0 aromatic carbocycles. The molecule has 0 rings (SSSR count). The van der Waals surface area contributed by atoms with Crippen molar-refractivity contribution in [2.24, 2.45) is 5.92 Å². The summed E-state index contributed by atoms with van der Waals surface area (Å²) in [6.45, 7) is 7.51. The summed E-state index contributed by atoms with van der Waals surface area (Å²) in [5.74, 6) is -0.584. The number of allylic oxidation sites excluding steroid dienone is 3. The zero-order valence-electron chi connectivity index (χ0n) is 7.71. The molecule has 0 aromatic rings. The monoisotopic (exact) mass is 168 g/mol. The van der Waals surface area contributed by atoms with Crippen molar-refractivity contribution in [2.45, 2.75) is 26.7 Å². The fourth-order valence-corrected chi connectivity index (χ4v) is 1.16. The largest absolute Gasteiger partial charge is 0.481 e. The van der Waals surface area contributed by atoms with E-state index in [4.69, 9.17) is 5.11 Å². The highest BCUT2D eigenvalue weighted by Crippen LogP contribution is 2.18. The second kappa shape index (κ2) is 5.58. The van der Waals surface area contributed by atoms with Gasteiger partial charge in [0.25, 0.3) is 0 Å². The predicted molar refractivity (Wildman–Crippen MR) is 50.0 cm³/mol. The van der Waals surface area contributed by atoms with E-state index >= 15 is 0 Å². The van der Waals surface area contributed by atoms with Crippen LogP contribution in [0.1, 0.15) is 26.7 Å². The number of carboxylic acids is 1. The average Bonchev–Trinajstić information content (AvgIpc) is 2.00. The molecule has 0 bridgehead atoms. The Hall–Kier alpha value is -1.05. The molecule has 1 atom stereocenters. The summed E-state index contributed by atoms with van der Waals surface area (Å²) in [5, 5.41) is 8.58. The molecule has 0 radical (unpaired) electrons. The summed E-state index contributed by atoms with van der Waals surface area (Å²) in [5.41, 5.74) is 1.09. The molecule has 1 unspecified atom stereocenters. The third kappa shape index (κ3) is 3.96. The highest BCUT2D eigenvalue weighted by molar-refractivity contribution is 5.67. The van der Waals surface area contributed by atoms with Gasteiger partial charge in [0.2, 0.25) is 0 Å². The van der Waals surface area contributed by atoms with Crippen LogP contribution < -0.4 is 0 Å². The normalized spacial score (nSPS) is 14.0. The molecule has 1 N–H and O–H groups in total. The molecule has 0 aliphatic rings. The SMILES string of the molecule is C=C/C=C(\C)C(CC)CC(=O)O. The quantitative estimate of drug-likeness (QED) is 0.641. The van der Waals surface area contributed by atoms with Crippen LogP contribution >= 0.6 is 0 Å². The number of carboxylic acid groups (broad SMARTS) is 1. The molecule has 0 aliphatic heterocycles. The molecule has 0 spiro atoms. The van der Waals surface area contributed by atoms with Crippen LogP contribution in [0, 0.1) is 5.92 Å². The maximum atomic E-state index is 10.4. The fraction of sp³-hybridized carbons (Fsp3) is 0.500. The van der Waals surface area contributed by atoms with Crippen LogP contribution in [0.5, 0.6) is 0 Å². The molecule has 2 nitrogen and oxygen atoms in total. The minimum Gasteiger partial charge on any atom is -0.481 e. The van der Waals surface area contributed by atoms with E-state index in [-0.39, 0.29) is 12.3 Å². The Morgan fingerprint density at radius 2 is 2.25 bits per heavy atom. The molecular formula is C10H16O2. The highest BCUT2D eigenvalue weighted by atomic mass is 16.4. The van der Waals surface area contributed by atoms with Crippen LogP contribution in [-0.4, -0.2) is 11.1 Å². The lowest BCUT2D eigenvalue weighted by atomic mass is 9.94. The smallest absolute Gasteiger partial charge is 0.303 e. The van der Waals surface area contributed by atoms with E-state index in [1.807, 2.05) is 19.9 Å². The first-order chi connectivity index (χ1) is 5.61. The van der Waals surface area contributed by atoms with Gasteiger partial charge in [-0.25, -0.2) is 0 Å². The minimum atomic E-state index is -0.737. The fourth-order valence-electron chi connectivity index (χ4n) is 1.16.